The van der Waals surface area contributed by atoms with Gasteiger partial charge in [0, 0.05) is 23.5 Å². The van der Waals surface area contributed by atoms with Gasteiger partial charge in [0.15, 0.2) is 5.16 Å². The lowest BCUT2D eigenvalue weighted by Gasteiger charge is -2.17. The van der Waals surface area contributed by atoms with E-state index < -0.39 is 0 Å². The van der Waals surface area contributed by atoms with Crippen LogP contribution in [0, 0.1) is 0 Å². The second-order valence-electron chi connectivity index (χ2n) is 7.54. The number of ether oxygens (including phenoxy) is 1. The number of imidazole rings is 1. The van der Waals surface area contributed by atoms with E-state index in [0.717, 1.165) is 46.5 Å². The third kappa shape index (κ3) is 3.89. The van der Waals surface area contributed by atoms with Gasteiger partial charge in [0.1, 0.15) is 5.75 Å². The monoisotopic (exact) mass is 441 g/mol. The predicted octanol–water partition coefficient (Wildman–Crippen LogP) is 5.23. The standard InChI is InChI=1S/C26H23N3O2S/c1-31-22-13-11-20(12-14-22)24-17-27-26(29(24)21-8-3-2-4-9-21)32-18-25(30)28-16-15-19-7-5-6-10-23(19)28/h2-14,17H,15-16,18H2,1H3. The van der Waals surface area contributed by atoms with Crippen molar-refractivity contribution in [2.75, 3.05) is 24.3 Å². The third-order valence-electron chi connectivity index (χ3n) is 5.64. The van der Waals surface area contributed by atoms with Crippen LogP contribution in [0.2, 0.25) is 0 Å². The quantitative estimate of drug-likeness (QED) is 0.385. The molecule has 6 heteroatoms. The number of anilines is 1. The van der Waals surface area contributed by atoms with Gasteiger partial charge in [0.05, 0.1) is 24.8 Å². The van der Waals surface area contributed by atoms with Crippen LogP contribution >= 0.6 is 11.8 Å². The second-order valence-corrected chi connectivity index (χ2v) is 8.48. The van der Waals surface area contributed by atoms with Crippen LogP contribution in [0.3, 0.4) is 0 Å². The molecule has 0 N–H and O–H groups in total. The molecule has 0 unspecified atom stereocenters. The lowest BCUT2D eigenvalue weighted by Crippen LogP contribution is -2.30. The van der Waals surface area contributed by atoms with Crippen LogP contribution in [-0.2, 0) is 11.2 Å². The molecule has 2 heterocycles. The van der Waals surface area contributed by atoms with E-state index in [1.165, 1.54) is 17.3 Å². The molecule has 32 heavy (non-hydrogen) atoms. The summed E-state index contributed by atoms with van der Waals surface area (Å²) in [7, 11) is 1.66. The molecular formula is C26H23N3O2S. The molecule has 1 aliphatic rings. The molecule has 5 rings (SSSR count). The fourth-order valence-corrected chi connectivity index (χ4v) is 4.90. The van der Waals surface area contributed by atoms with Crippen LogP contribution in [0.4, 0.5) is 5.69 Å². The lowest BCUT2D eigenvalue weighted by atomic mass is 10.1. The normalized spacial score (nSPS) is 12.6. The molecule has 5 nitrogen and oxygen atoms in total. The van der Waals surface area contributed by atoms with Gasteiger partial charge in [0.25, 0.3) is 0 Å². The maximum atomic E-state index is 13.0. The van der Waals surface area contributed by atoms with Crippen molar-refractivity contribution in [1.82, 2.24) is 9.55 Å². The molecular weight excluding hydrogens is 418 g/mol. The van der Waals surface area contributed by atoms with Crippen molar-refractivity contribution in [3.63, 3.8) is 0 Å². The summed E-state index contributed by atoms with van der Waals surface area (Å²) in [5, 5.41) is 0.794. The summed E-state index contributed by atoms with van der Waals surface area (Å²) in [6, 6.07) is 26.2. The number of amides is 1. The maximum absolute atomic E-state index is 13.0. The van der Waals surface area contributed by atoms with Crippen molar-refractivity contribution in [2.45, 2.75) is 11.6 Å². The van der Waals surface area contributed by atoms with Crippen LogP contribution in [0.15, 0.2) is 90.2 Å². The van der Waals surface area contributed by atoms with Crippen molar-refractivity contribution < 1.29 is 9.53 Å². The highest BCUT2D eigenvalue weighted by Crippen LogP contribution is 2.32. The number of carbonyl (C=O) groups excluding carboxylic acids is 1. The van der Waals surface area contributed by atoms with Gasteiger partial charge in [-0.3, -0.25) is 9.36 Å². The lowest BCUT2D eigenvalue weighted by molar-refractivity contribution is -0.116. The van der Waals surface area contributed by atoms with E-state index in [9.17, 15) is 4.79 Å². The Morgan fingerprint density at radius 1 is 1.00 bits per heavy atom. The highest BCUT2D eigenvalue weighted by molar-refractivity contribution is 7.99. The molecule has 0 atom stereocenters. The van der Waals surface area contributed by atoms with Crippen LogP contribution in [-0.4, -0.2) is 34.9 Å². The average Bonchev–Trinajstić information content (AvgIpc) is 3.48. The number of rotatable bonds is 6. The van der Waals surface area contributed by atoms with Gasteiger partial charge in [-0.1, -0.05) is 48.2 Å². The number of fused-ring (bicyclic) bond motifs is 1. The van der Waals surface area contributed by atoms with E-state index in [1.807, 2.05) is 71.8 Å². The van der Waals surface area contributed by atoms with E-state index >= 15 is 0 Å². The van der Waals surface area contributed by atoms with Gasteiger partial charge in [-0.15, -0.1) is 0 Å². The van der Waals surface area contributed by atoms with E-state index in [2.05, 4.69) is 27.8 Å². The summed E-state index contributed by atoms with van der Waals surface area (Å²) in [4.78, 5) is 19.6. The molecule has 0 fully saturated rings. The predicted molar refractivity (Wildman–Crippen MR) is 129 cm³/mol. The molecule has 0 bridgehead atoms. The molecule has 160 valence electrons. The van der Waals surface area contributed by atoms with E-state index in [0.29, 0.717) is 5.75 Å². The molecule has 1 aromatic heterocycles. The van der Waals surface area contributed by atoms with Crippen LogP contribution in [0.5, 0.6) is 5.75 Å². The van der Waals surface area contributed by atoms with Crippen LogP contribution in [0.1, 0.15) is 5.56 Å². The first-order chi connectivity index (χ1) is 15.7. The van der Waals surface area contributed by atoms with E-state index in [4.69, 9.17) is 4.74 Å². The summed E-state index contributed by atoms with van der Waals surface area (Å²) in [6.45, 7) is 0.739. The topological polar surface area (TPSA) is 47.4 Å². The summed E-state index contributed by atoms with van der Waals surface area (Å²) < 4.78 is 7.40. The molecule has 0 saturated heterocycles. The Kier molecular flexibility index (Phi) is 5.69. The SMILES string of the molecule is COc1ccc(-c2cnc(SCC(=O)N3CCc4ccccc43)n2-c2ccccc2)cc1. The molecule has 4 aromatic rings. The number of para-hydroxylation sites is 2. The minimum Gasteiger partial charge on any atom is -0.497 e. The summed E-state index contributed by atoms with van der Waals surface area (Å²) in [5.74, 6) is 1.25. The Labute approximate surface area is 191 Å². The van der Waals surface area contributed by atoms with Crippen molar-refractivity contribution in [1.29, 1.82) is 0 Å². The molecule has 0 aliphatic carbocycles. The summed E-state index contributed by atoms with van der Waals surface area (Å²) in [5.41, 5.74) is 5.29. The molecule has 1 amide bonds. The smallest absolute Gasteiger partial charge is 0.237 e. The number of hydrogen-bond donors (Lipinski definition) is 0. The number of nitrogens with zero attached hydrogens (tertiary/aromatic N) is 3. The molecule has 1 aliphatic heterocycles. The van der Waals surface area contributed by atoms with Crippen molar-refractivity contribution in [3.8, 4) is 22.7 Å². The number of thioether (sulfide) groups is 1. The fraction of sp³-hybridized carbons (Fsp3) is 0.154. The van der Waals surface area contributed by atoms with Gasteiger partial charge in [-0.2, -0.15) is 0 Å². The number of hydrogen-bond acceptors (Lipinski definition) is 4. The van der Waals surface area contributed by atoms with Gasteiger partial charge in [0.2, 0.25) is 5.91 Å². The van der Waals surface area contributed by atoms with Gasteiger partial charge >= 0.3 is 0 Å². The Morgan fingerprint density at radius 2 is 1.75 bits per heavy atom. The van der Waals surface area contributed by atoms with Gasteiger partial charge in [-0.25, -0.2) is 4.98 Å². The van der Waals surface area contributed by atoms with Crippen LogP contribution < -0.4 is 9.64 Å². The van der Waals surface area contributed by atoms with E-state index in [-0.39, 0.29) is 5.91 Å². The van der Waals surface area contributed by atoms with Crippen molar-refractivity contribution in [2.24, 2.45) is 0 Å². The minimum absolute atomic E-state index is 0.105. The largest absolute Gasteiger partial charge is 0.497 e. The van der Waals surface area contributed by atoms with Crippen molar-refractivity contribution >= 4 is 23.4 Å². The average molecular weight is 442 g/mol. The first-order valence-electron chi connectivity index (χ1n) is 10.5. The summed E-state index contributed by atoms with van der Waals surface area (Å²) >= 11 is 1.47. The van der Waals surface area contributed by atoms with E-state index in [1.54, 1.807) is 7.11 Å². The Morgan fingerprint density at radius 3 is 2.53 bits per heavy atom. The highest BCUT2D eigenvalue weighted by atomic mass is 32.2. The molecule has 0 radical (unpaired) electrons. The first-order valence-corrected chi connectivity index (χ1v) is 11.5. The maximum Gasteiger partial charge on any atom is 0.237 e. The zero-order valence-corrected chi connectivity index (χ0v) is 18.6. The zero-order valence-electron chi connectivity index (χ0n) is 17.8. The minimum atomic E-state index is 0.105. The third-order valence-corrected chi connectivity index (χ3v) is 6.58. The van der Waals surface area contributed by atoms with Crippen LogP contribution in [0.25, 0.3) is 16.9 Å². The second kappa shape index (κ2) is 8.93. The molecule has 0 saturated carbocycles. The number of aromatic nitrogens is 2. The molecule has 3 aromatic carbocycles. The van der Waals surface area contributed by atoms with Gasteiger partial charge < -0.3 is 9.64 Å². The zero-order chi connectivity index (χ0) is 21.9. The Hall–Kier alpha value is -3.51. The summed E-state index contributed by atoms with van der Waals surface area (Å²) in [6.07, 6.45) is 2.78. The first kappa shape index (κ1) is 20.4. The Balaban J connectivity index is 1.43. The highest BCUT2D eigenvalue weighted by Gasteiger charge is 2.25. The van der Waals surface area contributed by atoms with Gasteiger partial charge in [-0.05, 0) is 54.4 Å². The number of carbonyl (C=O) groups is 1. The number of methoxy groups -OCH3 is 1. The fourth-order valence-electron chi connectivity index (χ4n) is 4.03. The Bertz CT molecular complexity index is 1240. The van der Waals surface area contributed by atoms with Crippen molar-refractivity contribution in [3.05, 3.63) is 90.6 Å². The molecule has 0 spiro atoms. The number of benzene rings is 3.